The van der Waals surface area contributed by atoms with Crippen molar-refractivity contribution in [1.82, 2.24) is 14.9 Å². The number of carbonyl (C=O) groups excluding carboxylic acids is 1. The van der Waals surface area contributed by atoms with Crippen LogP contribution in [0.25, 0.3) is 22.3 Å². The maximum Gasteiger partial charge on any atom is 0.256 e. The third kappa shape index (κ3) is 2.05. The monoisotopic (exact) mass is 376 g/mol. The number of anilines is 1. The van der Waals surface area contributed by atoms with E-state index in [4.69, 9.17) is 10.7 Å². The minimum Gasteiger partial charge on any atom is -0.399 e. The summed E-state index contributed by atoms with van der Waals surface area (Å²) >= 11 is 0. The predicted molar refractivity (Wildman–Crippen MR) is 106 cm³/mol. The van der Waals surface area contributed by atoms with Gasteiger partial charge in [0.1, 0.15) is 0 Å². The number of rotatable bonds is 1. The van der Waals surface area contributed by atoms with Crippen LogP contribution in [0, 0.1) is 0 Å². The molecule has 0 fully saturated rings. The third-order valence-corrected chi connectivity index (χ3v) is 5.93. The second-order valence-corrected chi connectivity index (χ2v) is 7.62. The molecular formula is C21H20N4O3. The second kappa shape index (κ2) is 5.42. The number of nitrogen functional groups attached to an aromatic ring is 1. The molecule has 3 aromatic rings. The van der Waals surface area contributed by atoms with Crippen LogP contribution in [0.15, 0.2) is 29.1 Å². The molecule has 7 nitrogen and oxygen atoms in total. The molecule has 2 aromatic heterocycles. The summed E-state index contributed by atoms with van der Waals surface area (Å²) < 4.78 is 1.69. The lowest BCUT2D eigenvalue weighted by Gasteiger charge is -2.30. The number of nitrogens with two attached hydrogens (primary N) is 1. The zero-order valence-corrected chi connectivity index (χ0v) is 15.7. The van der Waals surface area contributed by atoms with Crippen LogP contribution in [0.2, 0.25) is 0 Å². The van der Waals surface area contributed by atoms with Crippen molar-refractivity contribution < 1.29 is 9.90 Å². The highest BCUT2D eigenvalue weighted by atomic mass is 16.3. The Morgan fingerprint density at radius 1 is 1.29 bits per heavy atom. The molecule has 7 heteroatoms. The average Bonchev–Trinajstić information content (AvgIpc) is 3.02. The highest BCUT2D eigenvalue weighted by Crippen LogP contribution is 2.38. The predicted octanol–water partition coefficient (Wildman–Crippen LogP) is 1.41. The summed E-state index contributed by atoms with van der Waals surface area (Å²) in [6.45, 7) is 4.03. The molecule has 2 aliphatic rings. The lowest BCUT2D eigenvalue weighted by Crippen LogP contribution is -2.49. The zero-order valence-electron chi connectivity index (χ0n) is 15.7. The van der Waals surface area contributed by atoms with E-state index in [2.05, 4.69) is 12.2 Å². The lowest BCUT2D eigenvalue weighted by atomic mass is 9.87. The smallest absolute Gasteiger partial charge is 0.256 e. The number of benzene rings is 1. The van der Waals surface area contributed by atoms with Gasteiger partial charge in [0.25, 0.3) is 11.5 Å². The van der Waals surface area contributed by atoms with Crippen molar-refractivity contribution in [3.05, 3.63) is 56.9 Å². The summed E-state index contributed by atoms with van der Waals surface area (Å²) in [7, 11) is 0. The van der Waals surface area contributed by atoms with E-state index in [1.165, 1.54) is 6.92 Å². The lowest BCUT2D eigenvalue weighted by molar-refractivity contribution is -0.140. The van der Waals surface area contributed by atoms with Gasteiger partial charge in [-0.05, 0) is 43.2 Å². The van der Waals surface area contributed by atoms with E-state index in [9.17, 15) is 14.7 Å². The van der Waals surface area contributed by atoms with E-state index in [1.807, 2.05) is 18.2 Å². The molecule has 0 spiro atoms. The van der Waals surface area contributed by atoms with Crippen molar-refractivity contribution in [1.29, 1.82) is 0 Å². The van der Waals surface area contributed by atoms with Crippen molar-refractivity contribution in [2.24, 2.45) is 0 Å². The van der Waals surface area contributed by atoms with E-state index >= 15 is 0 Å². The topological polar surface area (TPSA) is 110 Å². The molecule has 1 amide bonds. The number of hydrogen-bond acceptors (Lipinski definition) is 5. The van der Waals surface area contributed by atoms with Crippen LogP contribution in [-0.2, 0) is 29.9 Å². The largest absolute Gasteiger partial charge is 0.399 e. The Morgan fingerprint density at radius 2 is 2.07 bits per heavy atom. The number of amides is 1. The molecule has 5 rings (SSSR count). The Morgan fingerprint density at radius 3 is 2.82 bits per heavy atom. The zero-order chi connectivity index (χ0) is 19.8. The molecule has 0 saturated heterocycles. The summed E-state index contributed by atoms with van der Waals surface area (Å²) in [5.74, 6) is -0.501. The summed E-state index contributed by atoms with van der Waals surface area (Å²) in [6, 6.07) is 7.36. The highest BCUT2D eigenvalue weighted by Gasteiger charge is 2.41. The van der Waals surface area contributed by atoms with E-state index in [1.54, 1.807) is 10.6 Å². The van der Waals surface area contributed by atoms with E-state index in [-0.39, 0.29) is 12.1 Å². The van der Waals surface area contributed by atoms with Gasteiger partial charge in [-0.2, -0.15) is 0 Å². The quantitative estimate of drug-likeness (QED) is 0.435. The molecule has 0 unspecified atom stereocenters. The first-order valence-electron chi connectivity index (χ1n) is 9.32. The third-order valence-electron chi connectivity index (χ3n) is 5.93. The second-order valence-electron chi connectivity index (χ2n) is 7.62. The van der Waals surface area contributed by atoms with Gasteiger partial charge >= 0.3 is 0 Å². The maximum atomic E-state index is 13.2. The molecule has 142 valence electrons. The average molecular weight is 376 g/mol. The first-order chi connectivity index (χ1) is 13.3. The number of nitrogens with zero attached hydrogens (tertiary/aromatic N) is 2. The maximum absolute atomic E-state index is 13.2. The van der Waals surface area contributed by atoms with Crippen LogP contribution >= 0.6 is 0 Å². The summed E-state index contributed by atoms with van der Waals surface area (Å²) in [4.78, 5) is 30.1. The Hall–Kier alpha value is -3.19. The molecule has 2 aliphatic heterocycles. The number of fused-ring (bicyclic) bond motifs is 5. The van der Waals surface area contributed by atoms with Crippen LogP contribution < -0.4 is 16.6 Å². The first-order valence-corrected chi connectivity index (χ1v) is 9.32. The summed E-state index contributed by atoms with van der Waals surface area (Å²) in [6.07, 6.45) is 0.783. The van der Waals surface area contributed by atoms with Crippen LogP contribution in [0.5, 0.6) is 0 Å². The Bertz CT molecular complexity index is 1260. The molecule has 0 bridgehead atoms. The van der Waals surface area contributed by atoms with Crippen LogP contribution in [0.1, 0.15) is 36.1 Å². The van der Waals surface area contributed by atoms with Crippen molar-refractivity contribution in [2.45, 2.75) is 39.0 Å². The van der Waals surface area contributed by atoms with Gasteiger partial charge in [-0.15, -0.1) is 0 Å². The molecule has 0 aliphatic carbocycles. The fourth-order valence-electron chi connectivity index (χ4n) is 4.44. The molecule has 0 saturated carbocycles. The van der Waals surface area contributed by atoms with Crippen LogP contribution in [-0.4, -0.2) is 20.6 Å². The Kier molecular flexibility index (Phi) is 3.28. The number of carbonyl (C=O) groups is 1. The number of aryl methyl sites for hydroxylation is 1. The van der Waals surface area contributed by atoms with Gasteiger partial charge in [0, 0.05) is 34.3 Å². The van der Waals surface area contributed by atoms with E-state index in [0.29, 0.717) is 29.1 Å². The summed E-state index contributed by atoms with van der Waals surface area (Å²) in [5.41, 5.74) is 9.79. The van der Waals surface area contributed by atoms with E-state index < -0.39 is 11.5 Å². The van der Waals surface area contributed by atoms with Crippen molar-refractivity contribution in [2.75, 3.05) is 5.73 Å². The minimum absolute atomic E-state index is 0.117. The van der Waals surface area contributed by atoms with Gasteiger partial charge < -0.3 is 20.7 Å². The summed E-state index contributed by atoms with van der Waals surface area (Å²) in [5, 5.41) is 14.3. The van der Waals surface area contributed by atoms with E-state index in [0.717, 1.165) is 34.1 Å². The minimum atomic E-state index is -1.75. The fraction of sp³-hybridized carbons (Fsp3) is 0.286. The number of pyridine rings is 2. The van der Waals surface area contributed by atoms with Crippen molar-refractivity contribution in [3.63, 3.8) is 0 Å². The van der Waals surface area contributed by atoms with Gasteiger partial charge in [-0.1, -0.05) is 6.92 Å². The van der Waals surface area contributed by atoms with Crippen molar-refractivity contribution in [3.8, 4) is 11.4 Å². The number of aliphatic hydroxyl groups is 1. The standard InChI is InChI=1S/C21H20N4O3/c1-3-11-12-6-10(22)4-5-16(12)24-18-14(11)9-25-17(18)7-15-13(19(25)26)8-23-20(27)21(15,2)28/h4-7,28H,3,8-9,22H2,1-2H3,(H,23,27)/t21-/m0/s1. The SMILES string of the molecule is CCc1c2c(nc3ccc(N)cc13)-c1cc3c(c(=O)n1C2)CNC(=O)[C@@]3(C)O. The van der Waals surface area contributed by atoms with Gasteiger partial charge in [0.2, 0.25) is 0 Å². The molecular weight excluding hydrogens is 356 g/mol. The molecule has 1 aromatic carbocycles. The molecule has 4 heterocycles. The molecule has 4 N–H and O–H groups in total. The normalized spacial score (nSPS) is 19.9. The van der Waals surface area contributed by atoms with Gasteiger partial charge in [0.05, 0.1) is 23.4 Å². The molecule has 1 atom stereocenters. The number of aromatic nitrogens is 2. The number of nitrogens with one attached hydrogen (secondary N) is 1. The van der Waals surface area contributed by atoms with Gasteiger partial charge in [-0.25, -0.2) is 4.98 Å². The van der Waals surface area contributed by atoms with Gasteiger partial charge in [-0.3, -0.25) is 9.59 Å². The highest BCUT2D eigenvalue weighted by molar-refractivity contribution is 5.91. The fourth-order valence-corrected chi connectivity index (χ4v) is 4.44. The van der Waals surface area contributed by atoms with Crippen molar-refractivity contribution >= 4 is 22.5 Å². The Labute approximate surface area is 160 Å². The molecule has 28 heavy (non-hydrogen) atoms. The first kappa shape index (κ1) is 16.9. The van der Waals surface area contributed by atoms with Crippen LogP contribution in [0.3, 0.4) is 0 Å². The van der Waals surface area contributed by atoms with Gasteiger partial charge in [0.15, 0.2) is 5.60 Å². The molecule has 0 radical (unpaired) electrons. The Balaban J connectivity index is 1.84. The van der Waals surface area contributed by atoms with Crippen LogP contribution in [0.4, 0.5) is 5.69 Å². The number of hydrogen-bond donors (Lipinski definition) is 3.